The maximum absolute atomic E-state index is 11.6. The Morgan fingerprint density at radius 2 is 2.08 bits per heavy atom. The molecule has 1 fully saturated rings. The molecule has 0 radical (unpaired) electrons. The second kappa shape index (κ2) is 4.66. The van der Waals surface area contributed by atoms with Crippen LogP contribution in [0.5, 0.6) is 0 Å². The van der Waals surface area contributed by atoms with Crippen molar-refractivity contribution in [3.8, 4) is 0 Å². The van der Waals surface area contributed by atoms with Crippen molar-refractivity contribution in [2.24, 2.45) is 0 Å². The molecule has 3 nitrogen and oxygen atoms in total. The van der Waals surface area contributed by atoms with Crippen molar-refractivity contribution >= 4 is 21.6 Å². The summed E-state index contributed by atoms with van der Waals surface area (Å²) in [5.74, 6) is 0.343. The summed E-state index contributed by atoms with van der Waals surface area (Å²) in [5.41, 5.74) is 0. The van der Waals surface area contributed by atoms with E-state index in [9.17, 15) is 8.42 Å². The molecule has 1 heterocycles. The molecule has 0 spiro atoms. The molecule has 1 rings (SSSR count). The van der Waals surface area contributed by atoms with Crippen molar-refractivity contribution in [1.29, 1.82) is 0 Å². The van der Waals surface area contributed by atoms with Crippen LogP contribution in [0.1, 0.15) is 26.2 Å². The second-order valence-corrected chi connectivity index (χ2v) is 6.54. The highest BCUT2D eigenvalue weighted by Crippen LogP contribution is 2.27. The molecule has 2 atom stereocenters. The lowest BCUT2D eigenvalue weighted by Gasteiger charge is -2.00. The summed E-state index contributed by atoms with van der Waals surface area (Å²) in [6.45, 7) is 2.08. The Balaban J connectivity index is 2.31. The first-order chi connectivity index (χ1) is 6.11. The lowest BCUT2D eigenvalue weighted by Crippen LogP contribution is -2.15. The molecule has 1 aliphatic rings. The zero-order valence-electron chi connectivity index (χ0n) is 8.12. The molecule has 1 aliphatic heterocycles. The summed E-state index contributed by atoms with van der Waals surface area (Å²) >= 11 is 1.57. The van der Waals surface area contributed by atoms with Crippen molar-refractivity contribution < 1.29 is 8.42 Å². The minimum absolute atomic E-state index is 0.145. The van der Waals surface area contributed by atoms with Crippen molar-refractivity contribution in [2.45, 2.75) is 36.9 Å². The molecule has 0 amide bonds. The Bertz CT molecular complexity index is 251. The summed E-state index contributed by atoms with van der Waals surface area (Å²) in [4.78, 5) is 0. The first-order valence-corrected chi connectivity index (χ1v) is 7.62. The predicted molar refractivity (Wildman–Crippen MR) is 57.5 cm³/mol. The molecule has 13 heavy (non-hydrogen) atoms. The van der Waals surface area contributed by atoms with Crippen LogP contribution in [0.25, 0.3) is 0 Å². The first kappa shape index (κ1) is 11.3. The molecular formula is C8H17NO2S2. The number of hydrogen-bond acceptors (Lipinski definition) is 4. The van der Waals surface area contributed by atoms with Crippen LogP contribution < -0.4 is 5.32 Å². The highest BCUT2D eigenvalue weighted by atomic mass is 32.2. The van der Waals surface area contributed by atoms with E-state index in [1.54, 1.807) is 11.8 Å². The maximum Gasteiger partial charge on any atom is 0.168 e. The van der Waals surface area contributed by atoms with Gasteiger partial charge in [0.2, 0.25) is 0 Å². The normalized spacial score (nSPS) is 27.5. The van der Waals surface area contributed by atoms with Gasteiger partial charge in [0.25, 0.3) is 0 Å². The number of unbranched alkanes of at least 4 members (excludes halogenated alkanes) is 2. The third kappa shape index (κ3) is 3.14. The number of nitrogens with one attached hydrogen (secondary N) is 1. The van der Waals surface area contributed by atoms with Crippen LogP contribution in [0.15, 0.2) is 0 Å². The largest absolute Gasteiger partial charge is 0.285 e. The molecule has 2 unspecified atom stereocenters. The van der Waals surface area contributed by atoms with Crippen molar-refractivity contribution in [3.63, 3.8) is 0 Å². The highest BCUT2D eigenvalue weighted by Gasteiger charge is 2.45. The minimum atomic E-state index is -2.85. The van der Waals surface area contributed by atoms with E-state index in [1.165, 1.54) is 0 Å². The summed E-state index contributed by atoms with van der Waals surface area (Å²) in [7, 11) is -2.85. The van der Waals surface area contributed by atoms with E-state index < -0.39 is 9.84 Å². The zero-order valence-corrected chi connectivity index (χ0v) is 9.75. The smallest absolute Gasteiger partial charge is 0.168 e. The van der Waals surface area contributed by atoms with Gasteiger partial charge in [-0.2, -0.15) is 0 Å². The maximum atomic E-state index is 11.6. The zero-order chi connectivity index (χ0) is 9.90. The topological polar surface area (TPSA) is 56.1 Å². The average Bonchev–Trinajstić information content (AvgIpc) is 2.83. The van der Waals surface area contributed by atoms with E-state index in [4.69, 9.17) is 0 Å². The van der Waals surface area contributed by atoms with Gasteiger partial charge < -0.3 is 0 Å². The lowest BCUT2D eigenvalue weighted by atomic mass is 10.3. The average molecular weight is 223 g/mol. The summed E-state index contributed by atoms with van der Waals surface area (Å²) in [6, 6.07) is 0. The van der Waals surface area contributed by atoms with Gasteiger partial charge in [0.15, 0.2) is 9.84 Å². The summed E-state index contributed by atoms with van der Waals surface area (Å²) < 4.78 is 23.1. The molecule has 78 valence electrons. The van der Waals surface area contributed by atoms with E-state index in [0.29, 0.717) is 5.75 Å². The molecule has 0 aromatic heterocycles. The SMILES string of the molecule is CCCCCS(=O)(=O)C1NC1SC. The monoisotopic (exact) mass is 223 g/mol. The van der Waals surface area contributed by atoms with E-state index in [1.807, 2.05) is 6.26 Å². The lowest BCUT2D eigenvalue weighted by molar-refractivity contribution is 0.589. The fourth-order valence-electron chi connectivity index (χ4n) is 1.27. The summed E-state index contributed by atoms with van der Waals surface area (Å²) in [5, 5.41) is 2.84. The molecule has 0 aromatic carbocycles. The molecule has 1 saturated heterocycles. The van der Waals surface area contributed by atoms with Crippen LogP contribution >= 0.6 is 11.8 Å². The molecular weight excluding hydrogens is 206 g/mol. The Morgan fingerprint density at radius 1 is 1.38 bits per heavy atom. The van der Waals surface area contributed by atoms with Crippen LogP contribution in [0.3, 0.4) is 0 Å². The van der Waals surface area contributed by atoms with E-state index >= 15 is 0 Å². The fraction of sp³-hybridized carbons (Fsp3) is 1.00. The Hall–Kier alpha value is 0.260. The van der Waals surface area contributed by atoms with Gasteiger partial charge in [0.05, 0.1) is 11.1 Å². The predicted octanol–water partition coefficient (Wildman–Crippen LogP) is 1.21. The quantitative estimate of drug-likeness (QED) is 0.543. The van der Waals surface area contributed by atoms with Crippen LogP contribution in [0.2, 0.25) is 0 Å². The fourth-order valence-corrected chi connectivity index (χ4v) is 4.32. The van der Waals surface area contributed by atoms with Gasteiger partial charge >= 0.3 is 0 Å². The third-order valence-electron chi connectivity index (χ3n) is 2.17. The first-order valence-electron chi connectivity index (χ1n) is 4.62. The molecule has 5 heteroatoms. The third-order valence-corrected chi connectivity index (χ3v) is 5.30. The Kier molecular flexibility index (Phi) is 4.06. The van der Waals surface area contributed by atoms with E-state index in [0.717, 1.165) is 19.3 Å². The van der Waals surface area contributed by atoms with Crippen LogP contribution in [-0.4, -0.2) is 31.2 Å². The number of sulfone groups is 1. The van der Waals surface area contributed by atoms with E-state index in [-0.39, 0.29) is 10.7 Å². The number of hydrogen-bond donors (Lipinski definition) is 1. The van der Waals surface area contributed by atoms with Gasteiger partial charge in [-0.05, 0) is 12.7 Å². The van der Waals surface area contributed by atoms with E-state index in [2.05, 4.69) is 12.2 Å². The van der Waals surface area contributed by atoms with Crippen molar-refractivity contribution in [2.75, 3.05) is 12.0 Å². The van der Waals surface area contributed by atoms with Gasteiger partial charge in [0.1, 0.15) is 5.37 Å². The van der Waals surface area contributed by atoms with Crippen LogP contribution in [0, 0.1) is 0 Å². The Morgan fingerprint density at radius 3 is 2.54 bits per heavy atom. The molecule has 0 aliphatic carbocycles. The van der Waals surface area contributed by atoms with Crippen molar-refractivity contribution in [1.82, 2.24) is 5.32 Å². The van der Waals surface area contributed by atoms with Gasteiger partial charge in [-0.25, -0.2) is 8.42 Å². The van der Waals surface area contributed by atoms with Crippen molar-refractivity contribution in [3.05, 3.63) is 0 Å². The molecule has 0 aromatic rings. The molecule has 0 bridgehead atoms. The van der Waals surface area contributed by atoms with Gasteiger partial charge in [0, 0.05) is 0 Å². The second-order valence-electron chi connectivity index (χ2n) is 3.32. The van der Waals surface area contributed by atoms with Gasteiger partial charge in [-0.1, -0.05) is 19.8 Å². The Labute approximate surface area is 84.6 Å². The molecule has 1 N–H and O–H groups in total. The molecule has 0 saturated carbocycles. The highest BCUT2D eigenvalue weighted by molar-refractivity contribution is 8.01. The number of thioether (sulfide) groups is 1. The van der Waals surface area contributed by atoms with Gasteiger partial charge in [-0.15, -0.1) is 11.8 Å². The van der Waals surface area contributed by atoms with Gasteiger partial charge in [-0.3, -0.25) is 5.32 Å². The summed E-state index contributed by atoms with van der Waals surface area (Å²) in [6.07, 6.45) is 4.81. The number of rotatable bonds is 6. The minimum Gasteiger partial charge on any atom is -0.285 e. The van der Waals surface area contributed by atoms with Crippen LogP contribution in [-0.2, 0) is 9.84 Å². The standard InChI is InChI=1S/C8H17NO2S2/c1-3-4-5-6-13(10,11)8-7(9-8)12-2/h7-9H,3-6H2,1-2H3. The van der Waals surface area contributed by atoms with Crippen LogP contribution in [0.4, 0.5) is 0 Å².